The van der Waals surface area contributed by atoms with Crippen molar-refractivity contribution in [2.75, 3.05) is 33.3 Å². The maximum atomic E-state index is 6.02. The van der Waals surface area contributed by atoms with Gasteiger partial charge < -0.3 is 10.1 Å². The summed E-state index contributed by atoms with van der Waals surface area (Å²) in [5, 5.41) is 3.36. The molecule has 1 aliphatic rings. The van der Waals surface area contributed by atoms with E-state index in [1.165, 1.54) is 11.3 Å². The Morgan fingerprint density at radius 1 is 1.61 bits per heavy atom. The summed E-state index contributed by atoms with van der Waals surface area (Å²) < 4.78 is 6.77. The summed E-state index contributed by atoms with van der Waals surface area (Å²) in [7, 11) is 1.99. The highest BCUT2D eigenvalue weighted by Crippen LogP contribution is 2.30. The van der Waals surface area contributed by atoms with E-state index < -0.39 is 0 Å². The molecule has 0 radical (unpaired) electrons. The number of hydrogen-bond donors (Lipinski definition) is 1. The molecule has 2 unspecified atom stereocenters. The summed E-state index contributed by atoms with van der Waals surface area (Å²) in [6.07, 6.45) is 1.41. The molecule has 0 saturated carbocycles. The fourth-order valence-corrected chi connectivity index (χ4v) is 3.68. The highest BCUT2D eigenvalue weighted by Gasteiger charge is 2.28. The van der Waals surface area contributed by atoms with Crippen LogP contribution in [0.4, 0.5) is 0 Å². The minimum atomic E-state index is 0.213. The molecule has 1 saturated heterocycles. The van der Waals surface area contributed by atoms with Crippen LogP contribution >= 0.6 is 22.9 Å². The van der Waals surface area contributed by atoms with E-state index in [4.69, 9.17) is 16.3 Å². The van der Waals surface area contributed by atoms with Crippen molar-refractivity contribution in [3.05, 3.63) is 21.3 Å². The van der Waals surface area contributed by atoms with Gasteiger partial charge in [0, 0.05) is 18.0 Å². The van der Waals surface area contributed by atoms with E-state index in [0.717, 1.165) is 30.6 Å². The fraction of sp³-hybridized carbons (Fsp3) is 0.692. The average Bonchev–Trinajstić information content (AvgIpc) is 2.78. The molecule has 0 aromatic carbocycles. The highest BCUT2D eigenvalue weighted by atomic mass is 35.5. The van der Waals surface area contributed by atoms with Gasteiger partial charge in [0.1, 0.15) is 0 Å². The minimum Gasteiger partial charge on any atom is -0.374 e. The van der Waals surface area contributed by atoms with E-state index in [-0.39, 0.29) is 12.1 Å². The maximum absolute atomic E-state index is 6.02. The summed E-state index contributed by atoms with van der Waals surface area (Å²) >= 11 is 7.65. The van der Waals surface area contributed by atoms with Gasteiger partial charge in [-0.05, 0) is 32.1 Å². The molecule has 1 aliphatic heterocycles. The number of thiophene rings is 1. The summed E-state index contributed by atoms with van der Waals surface area (Å²) in [5.41, 5.74) is 0. The second-order valence-corrected chi connectivity index (χ2v) is 6.36. The lowest BCUT2D eigenvalue weighted by atomic mass is 10.1. The molecule has 2 heterocycles. The van der Waals surface area contributed by atoms with Crippen molar-refractivity contribution in [2.24, 2.45) is 0 Å². The standard InChI is InChI=1S/C13H21ClN2OS/c1-3-6-16-7-8-17-10(9-16)13(15-2)11-4-5-12(14)18-11/h4-5,10,13,15H,3,6-9H2,1-2H3. The van der Waals surface area contributed by atoms with Crippen molar-refractivity contribution in [2.45, 2.75) is 25.5 Å². The Balaban J connectivity index is 2.03. The van der Waals surface area contributed by atoms with Crippen LogP contribution in [0.1, 0.15) is 24.3 Å². The first-order chi connectivity index (χ1) is 8.74. The molecule has 0 spiro atoms. The zero-order valence-electron chi connectivity index (χ0n) is 11.0. The number of hydrogen-bond acceptors (Lipinski definition) is 4. The van der Waals surface area contributed by atoms with Gasteiger partial charge in [-0.2, -0.15) is 0 Å². The van der Waals surface area contributed by atoms with E-state index in [1.54, 1.807) is 11.3 Å². The predicted octanol–water partition coefficient (Wildman–Crippen LogP) is 2.77. The third kappa shape index (κ3) is 3.45. The van der Waals surface area contributed by atoms with Gasteiger partial charge in [-0.1, -0.05) is 18.5 Å². The second kappa shape index (κ2) is 6.87. The van der Waals surface area contributed by atoms with Crippen molar-refractivity contribution in [1.82, 2.24) is 10.2 Å². The molecule has 3 nitrogen and oxygen atoms in total. The Morgan fingerprint density at radius 2 is 2.44 bits per heavy atom. The van der Waals surface area contributed by atoms with Gasteiger partial charge in [0.15, 0.2) is 0 Å². The van der Waals surface area contributed by atoms with Crippen molar-refractivity contribution in [3.63, 3.8) is 0 Å². The highest BCUT2D eigenvalue weighted by molar-refractivity contribution is 7.16. The van der Waals surface area contributed by atoms with Crippen molar-refractivity contribution >= 4 is 22.9 Å². The molecular weight excluding hydrogens is 268 g/mol. The molecule has 1 aromatic heterocycles. The molecule has 1 fully saturated rings. The molecule has 102 valence electrons. The number of likely N-dealkylation sites (N-methyl/N-ethyl adjacent to an activating group) is 1. The molecule has 2 rings (SSSR count). The number of morpholine rings is 1. The maximum Gasteiger partial charge on any atom is 0.0931 e. The molecule has 0 aliphatic carbocycles. The van der Waals surface area contributed by atoms with Crippen LogP contribution in [0.3, 0.4) is 0 Å². The lowest BCUT2D eigenvalue weighted by Crippen LogP contribution is -2.47. The first kappa shape index (κ1) is 14.3. The van der Waals surface area contributed by atoms with Crippen LogP contribution in [-0.2, 0) is 4.74 Å². The number of rotatable bonds is 5. The zero-order chi connectivity index (χ0) is 13.0. The molecule has 18 heavy (non-hydrogen) atoms. The number of halogens is 1. The van der Waals surface area contributed by atoms with Crippen LogP contribution in [-0.4, -0.2) is 44.3 Å². The minimum absolute atomic E-state index is 0.213. The fourth-order valence-electron chi connectivity index (χ4n) is 2.46. The Morgan fingerprint density at radius 3 is 3.06 bits per heavy atom. The van der Waals surface area contributed by atoms with Crippen LogP contribution in [0.25, 0.3) is 0 Å². The third-order valence-corrected chi connectivity index (χ3v) is 4.61. The van der Waals surface area contributed by atoms with Crippen molar-refractivity contribution in [3.8, 4) is 0 Å². The molecule has 0 bridgehead atoms. The zero-order valence-corrected chi connectivity index (χ0v) is 12.6. The predicted molar refractivity (Wildman–Crippen MR) is 77.6 cm³/mol. The van der Waals surface area contributed by atoms with Gasteiger partial charge in [0.25, 0.3) is 0 Å². The van der Waals surface area contributed by atoms with E-state index in [9.17, 15) is 0 Å². The van der Waals surface area contributed by atoms with Crippen LogP contribution in [0.15, 0.2) is 12.1 Å². The number of nitrogens with one attached hydrogen (secondary N) is 1. The van der Waals surface area contributed by atoms with Crippen LogP contribution in [0.2, 0.25) is 4.34 Å². The average molecular weight is 289 g/mol. The molecule has 1 aromatic rings. The summed E-state index contributed by atoms with van der Waals surface area (Å²) in [5.74, 6) is 0. The number of nitrogens with zero attached hydrogens (tertiary/aromatic N) is 1. The Hall–Kier alpha value is -0.130. The first-order valence-electron chi connectivity index (χ1n) is 6.51. The van der Waals surface area contributed by atoms with Crippen molar-refractivity contribution in [1.29, 1.82) is 0 Å². The van der Waals surface area contributed by atoms with E-state index in [2.05, 4.69) is 23.2 Å². The van der Waals surface area contributed by atoms with E-state index in [0.29, 0.717) is 0 Å². The SMILES string of the molecule is CCCN1CCOC(C(NC)c2ccc(Cl)s2)C1. The third-order valence-electron chi connectivity index (χ3n) is 3.30. The Bertz CT molecular complexity index is 370. The Labute approximate surface area is 118 Å². The molecule has 2 atom stereocenters. The monoisotopic (exact) mass is 288 g/mol. The molecular formula is C13H21ClN2OS. The van der Waals surface area contributed by atoms with Gasteiger partial charge in [-0.25, -0.2) is 0 Å². The topological polar surface area (TPSA) is 24.5 Å². The quantitative estimate of drug-likeness (QED) is 0.902. The molecule has 5 heteroatoms. The molecule has 0 amide bonds. The van der Waals surface area contributed by atoms with E-state index >= 15 is 0 Å². The largest absolute Gasteiger partial charge is 0.374 e. The van der Waals surface area contributed by atoms with Gasteiger partial charge >= 0.3 is 0 Å². The van der Waals surface area contributed by atoms with Gasteiger partial charge in [0.2, 0.25) is 0 Å². The van der Waals surface area contributed by atoms with Gasteiger partial charge in [-0.3, -0.25) is 4.90 Å². The first-order valence-corrected chi connectivity index (χ1v) is 7.70. The normalized spacial score (nSPS) is 23.2. The van der Waals surface area contributed by atoms with Crippen LogP contribution in [0.5, 0.6) is 0 Å². The summed E-state index contributed by atoms with van der Waals surface area (Å²) in [6.45, 7) is 6.24. The van der Waals surface area contributed by atoms with Gasteiger partial charge in [-0.15, -0.1) is 11.3 Å². The Kier molecular flexibility index (Phi) is 5.45. The van der Waals surface area contributed by atoms with Gasteiger partial charge in [0.05, 0.1) is 23.1 Å². The lowest BCUT2D eigenvalue weighted by molar-refractivity contribution is -0.0453. The van der Waals surface area contributed by atoms with Crippen LogP contribution < -0.4 is 5.32 Å². The lowest BCUT2D eigenvalue weighted by Gasteiger charge is -2.36. The molecule has 1 N–H and O–H groups in total. The van der Waals surface area contributed by atoms with Crippen LogP contribution in [0, 0.1) is 0 Å². The number of ether oxygens (including phenoxy) is 1. The summed E-state index contributed by atoms with van der Waals surface area (Å²) in [4.78, 5) is 3.74. The second-order valence-electron chi connectivity index (χ2n) is 4.62. The van der Waals surface area contributed by atoms with Crippen molar-refractivity contribution < 1.29 is 4.74 Å². The summed E-state index contributed by atoms with van der Waals surface area (Å²) in [6, 6.07) is 4.29. The smallest absolute Gasteiger partial charge is 0.0931 e. The van der Waals surface area contributed by atoms with E-state index in [1.807, 2.05) is 13.1 Å².